The van der Waals surface area contributed by atoms with E-state index < -0.39 is 108 Å². The quantitative estimate of drug-likeness (QED) is 0.133. The lowest BCUT2D eigenvalue weighted by molar-refractivity contribution is -0.352. The lowest BCUT2D eigenvalue weighted by atomic mass is 9.97. The summed E-state index contributed by atoms with van der Waals surface area (Å²) in [5.41, 5.74) is -0.861. The average Bonchev–Trinajstić information content (AvgIpc) is 2.98. The van der Waals surface area contributed by atoms with Crippen molar-refractivity contribution in [1.82, 2.24) is 0 Å². The normalized spacial score (nSPS) is 33.0. The highest BCUT2D eigenvalue weighted by atomic mass is 16.7. The molecule has 3 heterocycles. The Hall–Kier alpha value is -3.55. The molecule has 0 amide bonds. The summed E-state index contributed by atoms with van der Waals surface area (Å²) in [6.45, 7) is -1.61. The zero-order chi connectivity index (χ0) is 31.2. The van der Waals surface area contributed by atoms with Gasteiger partial charge in [0.05, 0.1) is 13.2 Å². The number of aliphatic hydroxyl groups is 7. The van der Waals surface area contributed by atoms with Gasteiger partial charge in [-0.05, 0) is 24.3 Å². The monoisotopic (exact) mass is 610 g/mol. The van der Waals surface area contributed by atoms with Crippen LogP contribution in [0.5, 0.6) is 23.0 Å². The zero-order valence-electron chi connectivity index (χ0n) is 22.1. The molecule has 1 aromatic heterocycles. The predicted molar refractivity (Wildman–Crippen MR) is 140 cm³/mol. The van der Waals surface area contributed by atoms with Crippen LogP contribution in [0, 0.1) is 0 Å². The van der Waals surface area contributed by atoms with E-state index in [-0.39, 0.29) is 11.5 Å². The van der Waals surface area contributed by atoms with E-state index in [9.17, 15) is 55.9 Å². The second-order valence-corrected chi connectivity index (χ2v) is 10.1. The second-order valence-electron chi connectivity index (χ2n) is 10.1. The van der Waals surface area contributed by atoms with Crippen LogP contribution in [0.15, 0.2) is 45.6 Å². The minimum Gasteiger partial charge on any atom is -0.508 e. The molecular weight excluding hydrogens is 580 g/mol. The van der Waals surface area contributed by atoms with Crippen LogP contribution in [-0.4, -0.2) is 126 Å². The molecule has 43 heavy (non-hydrogen) atoms. The maximum absolute atomic E-state index is 12.9. The number of hydrogen-bond acceptors (Lipinski definition) is 16. The first-order chi connectivity index (χ1) is 20.4. The standard InChI is InChI=1S/C27H30O16/c28-7-15-18(34)19(35)21(37)26(40-15)43-24-16(8-29)41-27(22(38)20(24)36)42-23-13(33)5-11(31)17-12(32)6-14(39-25(17)23)9-1-3-10(30)4-2-9/h1-6,15-16,18-22,24,26-31,33-38H,7-8H2. The molecule has 2 aliphatic rings. The third-order valence-electron chi connectivity index (χ3n) is 7.26. The van der Waals surface area contributed by atoms with Crippen LogP contribution < -0.4 is 10.2 Å². The molecule has 2 aliphatic heterocycles. The molecule has 2 saturated heterocycles. The molecule has 2 fully saturated rings. The molecule has 0 spiro atoms. The molecule has 5 rings (SSSR count). The lowest BCUT2D eigenvalue weighted by Crippen LogP contribution is -2.65. The Morgan fingerprint density at radius 2 is 1.35 bits per heavy atom. The first-order valence-corrected chi connectivity index (χ1v) is 13.0. The topological polar surface area (TPSA) is 269 Å². The van der Waals surface area contributed by atoms with Crippen molar-refractivity contribution in [3.05, 3.63) is 46.6 Å². The summed E-state index contributed by atoms with van der Waals surface area (Å²) < 4.78 is 27.8. The number of benzene rings is 2. The lowest BCUT2D eigenvalue weighted by Gasteiger charge is -2.45. The minimum atomic E-state index is -1.98. The molecule has 0 radical (unpaired) electrons. The number of phenols is 3. The third kappa shape index (κ3) is 5.73. The minimum absolute atomic E-state index is 0.0428. The zero-order valence-corrected chi connectivity index (χ0v) is 22.1. The number of rotatable bonds is 7. The van der Waals surface area contributed by atoms with Crippen LogP contribution in [0.1, 0.15) is 0 Å². The van der Waals surface area contributed by atoms with Gasteiger partial charge in [0.25, 0.3) is 0 Å². The van der Waals surface area contributed by atoms with Gasteiger partial charge in [-0.1, -0.05) is 0 Å². The number of ether oxygens (including phenoxy) is 4. The molecule has 10 unspecified atom stereocenters. The van der Waals surface area contributed by atoms with Gasteiger partial charge in [-0.3, -0.25) is 4.79 Å². The fraction of sp³-hybridized carbons (Fsp3) is 0.444. The molecule has 16 nitrogen and oxygen atoms in total. The Labute approximate surface area is 241 Å². The summed E-state index contributed by atoms with van der Waals surface area (Å²) in [6.07, 6.45) is -17.3. The van der Waals surface area contributed by atoms with Gasteiger partial charge in [-0.15, -0.1) is 0 Å². The first kappa shape index (κ1) is 30.9. The molecule has 0 aliphatic carbocycles. The van der Waals surface area contributed by atoms with Gasteiger partial charge in [-0.25, -0.2) is 0 Å². The van der Waals surface area contributed by atoms with Crippen molar-refractivity contribution in [3.8, 4) is 34.3 Å². The molecule has 2 aromatic carbocycles. The maximum Gasteiger partial charge on any atom is 0.229 e. The molecule has 10 N–H and O–H groups in total. The molecule has 16 heteroatoms. The number of aliphatic hydroxyl groups excluding tert-OH is 7. The van der Waals surface area contributed by atoms with Gasteiger partial charge < -0.3 is 74.4 Å². The van der Waals surface area contributed by atoms with E-state index >= 15 is 0 Å². The maximum atomic E-state index is 12.9. The van der Waals surface area contributed by atoms with Crippen molar-refractivity contribution in [2.45, 2.75) is 61.4 Å². The summed E-state index contributed by atoms with van der Waals surface area (Å²) in [5.74, 6) is -2.08. The van der Waals surface area contributed by atoms with Crippen LogP contribution >= 0.6 is 0 Å². The van der Waals surface area contributed by atoms with Crippen LogP contribution in [0.2, 0.25) is 0 Å². The van der Waals surface area contributed by atoms with Gasteiger partial charge >= 0.3 is 0 Å². The Kier molecular flexibility index (Phi) is 8.77. The van der Waals surface area contributed by atoms with E-state index in [2.05, 4.69) is 0 Å². The molecule has 0 saturated carbocycles. The summed E-state index contributed by atoms with van der Waals surface area (Å²) in [5, 5.41) is 102. The fourth-order valence-corrected chi connectivity index (χ4v) is 4.93. The van der Waals surface area contributed by atoms with Crippen LogP contribution in [-0.2, 0) is 14.2 Å². The van der Waals surface area contributed by atoms with Crippen molar-refractivity contribution >= 4 is 11.0 Å². The van der Waals surface area contributed by atoms with E-state index in [1.807, 2.05) is 0 Å². The van der Waals surface area contributed by atoms with Crippen molar-refractivity contribution in [2.75, 3.05) is 13.2 Å². The van der Waals surface area contributed by atoms with Crippen molar-refractivity contribution in [2.24, 2.45) is 0 Å². The molecule has 3 aromatic rings. The fourth-order valence-electron chi connectivity index (χ4n) is 4.93. The van der Waals surface area contributed by atoms with Crippen molar-refractivity contribution in [1.29, 1.82) is 0 Å². The summed E-state index contributed by atoms with van der Waals surface area (Å²) >= 11 is 0. The summed E-state index contributed by atoms with van der Waals surface area (Å²) in [4.78, 5) is 12.9. The summed E-state index contributed by atoms with van der Waals surface area (Å²) in [6, 6.07) is 7.40. The van der Waals surface area contributed by atoms with Crippen molar-refractivity contribution < 1.29 is 74.4 Å². The molecular formula is C27H30O16. The molecule has 10 atom stereocenters. The van der Waals surface area contributed by atoms with E-state index in [4.69, 9.17) is 23.4 Å². The Bertz CT molecular complexity index is 1490. The van der Waals surface area contributed by atoms with Crippen LogP contribution in [0.3, 0.4) is 0 Å². The second kappa shape index (κ2) is 12.2. The van der Waals surface area contributed by atoms with Gasteiger partial charge in [0, 0.05) is 17.7 Å². The first-order valence-electron chi connectivity index (χ1n) is 13.0. The van der Waals surface area contributed by atoms with Gasteiger partial charge in [0.1, 0.15) is 71.5 Å². The van der Waals surface area contributed by atoms with E-state index in [1.54, 1.807) is 0 Å². The molecule has 234 valence electrons. The van der Waals surface area contributed by atoms with Gasteiger partial charge in [-0.2, -0.15) is 0 Å². The Balaban J connectivity index is 1.44. The molecule has 0 bridgehead atoms. The SMILES string of the molecule is O=c1cc(-c2ccc(O)cc2)oc2c(OC3OC(CO)C(OC4OC(CO)C(O)C(O)C4O)C(O)C3O)c(O)cc(O)c12. The smallest absolute Gasteiger partial charge is 0.229 e. The van der Waals surface area contributed by atoms with E-state index in [0.717, 1.165) is 12.1 Å². The van der Waals surface area contributed by atoms with E-state index in [1.165, 1.54) is 24.3 Å². The largest absolute Gasteiger partial charge is 0.508 e. The third-order valence-corrected chi connectivity index (χ3v) is 7.26. The highest BCUT2D eigenvalue weighted by Gasteiger charge is 2.51. The van der Waals surface area contributed by atoms with Crippen LogP contribution in [0.4, 0.5) is 0 Å². The number of phenolic OH excluding ortho intramolecular Hbond substituents is 3. The van der Waals surface area contributed by atoms with E-state index in [0.29, 0.717) is 5.56 Å². The summed E-state index contributed by atoms with van der Waals surface area (Å²) in [7, 11) is 0. The van der Waals surface area contributed by atoms with Crippen molar-refractivity contribution in [3.63, 3.8) is 0 Å². The Morgan fingerprint density at radius 1 is 0.721 bits per heavy atom. The number of fused-ring (bicyclic) bond motifs is 1. The van der Waals surface area contributed by atoms with Gasteiger partial charge in [0.15, 0.2) is 23.1 Å². The Morgan fingerprint density at radius 3 is 2.00 bits per heavy atom. The van der Waals surface area contributed by atoms with Crippen LogP contribution in [0.25, 0.3) is 22.3 Å². The predicted octanol–water partition coefficient (Wildman–Crippen LogP) is -2.42. The highest BCUT2D eigenvalue weighted by molar-refractivity contribution is 5.91. The number of aromatic hydroxyl groups is 3. The average molecular weight is 611 g/mol. The highest BCUT2D eigenvalue weighted by Crippen LogP contribution is 2.42. The number of hydrogen-bond donors (Lipinski definition) is 10. The van der Waals surface area contributed by atoms with Gasteiger partial charge in [0.2, 0.25) is 12.0 Å².